The summed E-state index contributed by atoms with van der Waals surface area (Å²) in [7, 11) is 0. The Hall–Kier alpha value is -0.870. The van der Waals surface area contributed by atoms with Crippen LogP contribution in [0.15, 0.2) is 12.2 Å². The van der Waals surface area contributed by atoms with Gasteiger partial charge in [-0.05, 0) is 38.5 Å². The summed E-state index contributed by atoms with van der Waals surface area (Å²) < 4.78 is 5.10. The Balaban J connectivity index is 3.22. The first-order valence-electron chi connectivity index (χ1n) is 10.7. The second-order valence-electron chi connectivity index (χ2n) is 7.38. The van der Waals surface area contributed by atoms with E-state index in [9.17, 15) is 4.79 Å². The van der Waals surface area contributed by atoms with Gasteiger partial charge in [0.1, 0.15) is 0 Å². The molecule has 154 valence electrons. The molecule has 0 aliphatic carbocycles. The van der Waals surface area contributed by atoms with E-state index < -0.39 is 0 Å². The van der Waals surface area contributed by atoms with Crippen LogP contribution in [0.2, 0.25) is 0 Å². The molecule has 4 heteroatoms. The third-order valence-corrected chi connectivity index (χ3v) is 4.54. The quantitative estimate of drug-likeness (QED) is 0.187. The van der Waals surface area contributed by atoms with Gasteiger partial charge in [0.05, 0.1) is 6.61 Å². The summed E-state index contributed by atoms with van der Waals surface area (Å²) >= 11 is 0. The predicted molar refractivity (Wildman–Crippen MR) is 108 cm³/mol. The molecule has 0 aliphatic heterocycles. The van der Waals surface area contributed by atoms with Crippen molar-refractivity contribution in [2.24, 2.45) is 5.92 Å². The summed E-state index contributed by atoms with van der Waals surface area (Å²) in [4.78, 5) is 11.5. The van der Waals surface area contributed by atoms with Crippen molar-refractivity contribution in [1.29, 1.82) is 0 Å². The second-order valence-corrected chi connectivity index (χ2v) is 7.38. The third kappa shape index (κ3) is 19.5. The molecule has 0 rings (SSSR count). The van der Waals surface area contributed by atoms with E-state index in [4.69, 9.17) is 14.9 Å². The van der Waals surface area contributed by atoms with Crippen molar-refractivity contribution in [3.05, 3.63) is 12.2 Å². The van der Waals surface area contributed by atoms with E-state index in [-0.39, 0.29) is 18.5 Å². The van der Waals surface area contributed by atoms with Gasteiger partial charge in [-0.1, -0.05) is 64.0 Å². The van der Waals surface area contributed by atoms with E-state index in [1.165, 1.54) is 51.4 Å². The number of aliphatic hydroxyl groups is 2. The molecule has 0 aromatic rings. The minimum Gasteiger partial charge on any atom is -0.465 e. The Morgan fingerprint density at radius 2 is 1.31 bits per heavy atom. The summed E-state index contributed by atoms with van der Waals surface area (Å²) in [6.07, 6.45) is 20.4. The summed E-state index contributed by atoms with van der Waals surface area (Å²) in [6, 6.07) is 0. The molecule has 0 heterocycles. The highest BCUT2D eigenvalue weighted by molar-refractivity contribution is 5.69. The Kier molecular flexibility index (Phi) is 19.8. The first-order valence-corrected chi connectivity index (χ1v) is 10.7. The molecule has 0 fully saturated rings. The van der Waals surface area contributed by atoms with Crippen molar-refractivity contribution in [1.82, 2.24) is 0 Å². The van der Waals surface area contributed by atoms with Gasteiger partial charge in [0.2, 0.25) is 0 Å². The Morgan fingerprint density at radius 1 is 0.808 bits per heavy atom. The van der Waals surface area contributed by atoms with Crippen LogP contribution < -0.4 is 0 Å². The van der Waals surface area contributed by atoms with Gasteiger partial charge in [0.25, 0.3) is 0 Å². The Labute approximate surface area is 161 Å². The third-order valence-electron chi connectivity index (χ3n) is 4.54. The number of aliphatic hydroxyl groups excluding tert-OH is 2. The maximum absolute atomic E-state index is 11.5. The molecule has 0 bridgehead atoms. The molecule has 2 N–H and O–H groups in total. The monoisotopic (exact) mass is 370 g/mol. The minimum absolute atomic E-state index is 0.0314. The molecule has 0 amide bonds. The number of esters is 1. The van der Waals surface area contributed by atoms with Gasteiger partial charge >= 0.3 is 5.97 Å². The summed E-state index contributed by atoms with van der Waals surface area (Å²) in [5.41, 5.74) is 0. The molecular formula is C22H42O4. The lowest BCUT2D eigenvalue weighted by atomic mass is 10.1. The number of ether oxygens (including phenoxy) is 1. The number of hydrogen-bond acceptors (Lipinski definition) is 4. The number of carbonyl (C=O) groups excluding carboxylic acids is 1. The molecule has 0 radical (unpaired) electrons. The summed E-state index contributed by atoms with van der Waals surface area (Å²) in [6.45, 7) is 2.58. The molecule has 4 nitrogen and oxygen atoms in total. The van der Waals surface area contributed by atoms with Gasteiger partial charge in [-0.2, -0.15) is 0 Å². The van der Waals surface area contributed by atoms with Crippen molar-refractivity contribution in [2.75, 3.05) is 19.8 Å². The number of carbonyl (C=O) groups is 1. The van der Waals surface area contributed by atoms with Crippen LogP contribution in [0.25, 0.3) is 0 Å². The van der Waals surface area contributed by atoms with E-state index in [0.717, 1.165) is 32.1 Å². The molecule has 0 saturated heterocycles. The van der Waals surface area contributed by atoms with Gasteiger partial charge in [0, 0.05) is 25.6 Å². The van der Waals surface area contributed by atoms with E-state index in [1.54, 1.807) is 0 Å². The number of allylic oxidation sites excluding steroid dienone is 2. The zero-order valence-corrected chi connectivity index (χ0v) is 17.0. The fourth-order valence-electron chi connectivity index (χ4n) is 2.74. The fourth-order valence-corrected chi connectivity index (χ4v) is 2.74. The lowest BCUT2D eigenvalue weighted by molar-refractivity contribution is -0.145. The van der Waals surface area contributed by atoms with Gasteiger partial charge in [-0.15, -0.1) is 0 Å². The van der Waals surface area contributed by atoms with Crippen LogP contribution in [0.5, 0.6) is 0 Å². The first-order chi connectivity index (χ1) is 12.7. The lowest BCUT2D eigenvalue weighted by Crippen LogP contribution is -2.14. The highest BCUT2D eigenvalue weighted by atomic mass is 16.5. The van der Waals surface area contributed by atoms with Crippen LogP contribution in [0.1, 0.15) is 96.8 Å². The fraction of sp³-hybridized carbons (Fsp3) is 0.864. The van der Waals surface area contributed by atoms with Gasteiger partial charge in [-0.25, -0.2) is 0 Å². The zero-order valence-electron chi connectivity index (χ0n) is 17.0. The van der Waals surface area contributed by atoms with E-state index >= 15 is 0 Å². The average molecular weight is 371 g/mol. The summed E-state index contributed by atoms with van der Waals surface area (Å²) in [5, 5.41) is 17.6. The summed E-state index contributed by atoms with van der Waals surface area (Å²) in [5.74, 6) is -0.106. The molecule has 1 unspecified atom stereocenters. The van der Waals surface area contributed by atoms with Crippen LogP contribution in [0.4, 0.5) is 0 Å². The van der Waals surface area contributed by atoms with Crippen LogP contribution in [-0.2, 0) is 9.53 Å². The standard InChI is InChI=1S/C22H42O4/c1-21(19-24)20-26-22(25)17-15-13-11-9-7-5-3-2-4-6-8-10-12-14-16-18-23/h2-3,21,23-24H,4-20H2,1H3/b3-2+. The lowest BCUT2D eigenvalue weighted by Gasteiger charge is -2.08. The predicted octanol–water partition coefficient (Wildman–Crippen LogP) is 5.17. The van der Waals surface area contributed by atoms with E-state index in [1.807, 2.05) is 6.92 Å². The molecular weight excluding hydrogens is 328 g/mol. The van der Waals surface area contributed by atoms with Crippen LogP contribution >= 0.6 is 0 Å². The number of hydrogen-bond donors (Lipinski definition) is 2. The smallest absolute Gasteiger partial charge is 0.305 e. The van der Waals surface area contributed by atoms with Crippen molar-refractivity contribution in [3.8, 4) is 0 Å². The SMILES string of the molecule is CC(CO)COC(=O)CCCCCCC/C=C/CCCCCCCCO. The molecule has 0 saturated carbocycles. The van der Waals surface area contributed by atoms with Crippen molar-refractivity contribution < 1.29 is 19.7 Å². The Morgan fingerprint density at radius 3 is 1.85 bits per heavy atom. The molecule has 0 aromatic carbocycles. The second kappa shape index (κ2) is 20.4. The Bertz CT molecular complexity index is 328. The van der Waals surface area contributed by atoms with Crippen molar-refractivity contribution in [2.45, 2.75) is 96.8 Å². The number of unbranched alkanes of at least 4 members (excludes halogenated alkanes) is 11. The molecule has 26 heavy (non-hydrogen) atoms. The largest absolute Gasteiger partial charge is 0.465 e. The zero-order chi connectivity index (χ0) is 19.3. The maximum Gasteiger partial charge on any atom is 0.305 e. The molecule has 0 aliphatic rings. The van der Waals surface area contributed by atoms with Gasteiger partial charge in [-0.3, -0.25) is 4.79 Å². The van der Waals surface area contributed by atoms with Crippen LogP contribution in [-0.4, -0.2) is 36.0 Å². The maximum atomic E-state index is 11.5. The molecule has 0 spiro atoms. The number of rotatable bonds is 19. The highest BCUT2D eigenvalue weighted by Crippen LogP contribution is 2.10. The first kappa shape index (κ1) is 25.1. The van der Waals surface area contributed by atoms with Gasteiger partial charge < -0.3 is 14.9 Å². The van der Waals surface area contributed by atoms with Crippen LogP contribution in [0, 0.1) is 5.92 Å². The van der Waals surface area contributed by atoms with Crippen LogP contribution in [0.3, 0.4) is 0 Å². The topological polar surface area (TPSA) is 66.8 Å². The molecule has 0 aromatic heterocycles. The normalized spacial score (nSPS) is 12.6. The highest BCUT2D eigenvalue weighted by Gasteiger charge is 2.06. The van der Waals surface area contributed by atoms with Gasteiger partial charge in [0.15, 0.2) is 0 Å². The van der Waals surface area contributed by atoms with Crippen molar-refractivity contribution in [3.63, 3.8) is 0 Å². The van der Waals surface area contributed by atoms with E-state index in [0.29, 0.717) is 19.6 Å². The minimum atomic E-state index is -0.137. The van der Waals surface area contributed by atoms with E-state index in [2.05, 4.69) is 12.2 Å². The average Bonchev–Trinajstić information content (AvgIpc) is 2.65. The van der Waals surface area contributed by atoms with Crippen molar-refractivity contribution >= 4 is 5.97 Å². The molecule has 1 atom stereocenters.